The Morgan fingerprint density at radius 3 is 2.14 bits per heavy atom. The molecule has 0 N–H and O–H groups in total. The van der Waals surface area contributed by atoms with Crippen LogP contribution in [0.4, 0.5) is 0 Å². The van der Waals surface area contributed by atoms with E-state index in [1.807, 2.05) is 0 Å². The lowest BCUT2D eigenvalue weighted by Gasteiger charge is -2.71. The van der Waals surface area contributed by atoms with E-state index in [4.69, 9.17) is 9.47 Å². The molecule has 0 aromatic heterocycles. The number of esters is 2. The third-order valence-corrected chi connectivity index (χ3v) is 13.5. The SMILES string of the molecule is COC(=O)[C@]12CCC(C)(C)C[C@@H]1[C@H]1C=C[C@@H]3[C@@]4(C)CC[C@H](OC(C)=O)C(C)(C)[C@@H]4CC[C@@]3(C)[C@]1(C)CC2. The summed E-state index contributed by atoms with van der Waals surface area (Å²) in [5.74, 6) is 1.66. The number of carbonyl (C=O) groups is 2. The standard InChI is InChI=1S/C33H52O4/c1-21(34)37-26-13-14-30(6)24(29(26,4)5)12-15-32(8)25(30)11-10-22-23-20-28(2,3)16-18-33(23,27(35)36-9)19-17-31(22,32)7/h10-11,22-26H,12-20H2,1-9H3/t22-,23-,24+,25-,26+,30+,31-,32-,33+/m1/s1. The summed E-state index contributed by atoms with van der Waals surface area (Å²) in [6.07, 6.45) is 14.8. The van der Waals surface area contributed by atoms with Crippen molar-refractivity contribution in [2.45, 2.75) is 119 Å². The van der Waals surface area contributed by atoms with E-state index in [9.17, 15) is 9.59 Å². The zero-order valence-electron chi connectivity index (χ0n) is 25.0. The first kappa shape index (κ1) is 27.3. The lowest BCUT2D eigenvalue weighted by atomic mass is 9.33. The summed E-state index contributed by atoms with van der Waals surface area (Å²) in [4.78, 5) is 25.3. The van der Waals surface area contributed by atoms with Gasteiger partial charge in [0.05, 0.1) is 12.5 Å². The van der Waals surface area contributed by atoms with E-state index in [-0.39, 0.29) is 50.5 Å². The molecule has 37 heavy (non-hydrogen) atoms. The van der Waals surface area contributed by atoms with Crippen LogP contribution in [0.25, 0.3) is 0 Å². The van der Waals surface area contributed by atoms with Crippen LogP contribution in [0.1, 0.15) is 113 Å². The third-order valence-electron chi connectivity index (χ3n) is 13.5. The molecule has 0 aromatic rings. The topological polar surface area (TPSA) is 52.6 Å². The molecule has 0 unspecified atom stereocenters. The van der Waals surface area contributed by atoms with Gasteiger partial charge in [0, 0.05) is 12.3 Å². The van der Waals surface area contributed by atoms with Gasteiger partial charge in [-0.25, -0.2) is 0 Å². The van der Waals surface area contributed by atoms with Crippen molar-refractivity contribution < 1.29 is 19.1 Å². The van der Waals surface area contributed by atoms with E-state index >= 15 is 0 Å². The zero-order valence-corrected chi connectivity index (χ0v) is 25.0. The molecule has 0 bridgehead atoms. The molecular formula is C33H52O4. The maximum absolute atomic E-state index is 13.4. The van der Waals surface area contributed by atoms with Gasteiger partial charge >= 0.3 is 11.9 Å². The minimum absolute atomic E-state index is 0.00293. The molecule has 5 rings (SSSR count). The molecule has 208 valence electrons. The van der Waals surface area contributed by atoms with Gasteiger partial charge in [-0.2, -0.15) is 0 Å². The molecule has 5 aliphatic rings. The maximum Gasteiger partial charge on any atom is 0.312 e. The van der Waals surface area contributed by atoms with E-state index in [0.717, 1.165) is 44.9 Å². The van der Waals surface area contributed by atoms with Crippen molar-refractivity contribution in [3.05, 3.63) is 12.2 Å². The fourth-order valence-electron chi connectivity index (χ4n) is 11.3. The molecule has 0 radical (unpaired) electrons. The first-order valence-electron chi connectivity index (χ1n) is 15.0. The smallest absolute Gasteiger partial charge is 0.312 e. The summed E-state index contributed by atoms with van der Waals surface area (Å²) in [6.45, 7) is 18.8. The van der Waals surface area contributed by atoms with Gasteiger partial charge in [0.1, 0.15) is 6.10 Å². The largest absolute Gasteiger partial charge is 0.469 e. The van der Waals surface area contributed by atoms with Crippen LogP contribution in [-0.4, -0.2) is 25.2 Å². The van der Waals surface area contributed by atoms with E-state index in [1.54, 1.807) is 14.0 Å². The summed E-state index contributed by atoms with van der Waals surface area (Å²) >= 11 is 0. The molecule has 4 fully saturated rings. The molecule has 0 spiro atoms. The van der Waals surface area contributed by atoms with Gasteiger partial charge in [-0.3, -0.25) is 9.59 Å². The van der Waals surface area contributed by atoms with E-state index < -0.39 is 0 Å². The molecule has 0 amide bonds. The predicted octanol–water partition coefficient (Wildman–Crippen LogP) is 7.75. The van der Waals surface area contributed by atoms with Crippen LogP contribution >= 0.6 is 0 Å². The fourth-order valence-corrected chi connectivity index (χ4v) is 11.3. The maximum atomic E-state index is 13.4. The number of hydrogen-bond acceptors (Lipinski definition) is 4. The first-order valence-corrected chi connectivity index (χ1v) is 15.0. The van der Waals surface area contributed by atoms with E-state index in [2.05, 4.69) is 60.6 Å². The van der Waals surface area contributed by atoms with Crippen molar-refractivity contribution in [1.82, 2.24) is 0 Å². The Kier molecular flexibility index (Phi) is 6.14. The normalized spacial score (nSPS) is 49.5. The number of fused-ring (bicyclic) bond motifs is 7. The number of carbonyl (C=O) groups excluding carboxylic acids is 2. The Balaban J connectivity index is 1.55. The van der Waals surface area contributed by atoms with Crippen molar-refractivity contribution in [2.75, 3.05) is 7.11 Å². The van der Waals surface area contributed by atoms with E-state index in [1.165, 1.54) is 12.8 Å². The van der Waals surface area contributed by atoms with Crippen LogP contribution in [0.2, 0.25) is 0 Å². The molecule has 0 aliphatic heterocycles. The van der Waals surface area contributed by atoms with Gasteiger partial charge in [0.2, 0.25) is 0 Å². The summed E-state index contributed by atoms with van der Waals surface area (Å²) in [7, 11) is 1.59. The zero-order chi connectivity index (χ0) is 27.2. The monoisotopic (exact) mass is 512 g/mol. The number of ether oxygens (including phenoxy) is 2. The second-order valence-corrected chi connectivity index (χ2v) is 15.9. The quantitative estimate of drug-likeness (QED) is 0.280. The Bertz CT molecular complexity index is 994. The fraction of sp³-hybridized carbons (Fsp3) is 0.879. The van der Waals surface area contributed by atoms with Crippen LogP contribution in [0.5, 0.6) is 0 Å². The number of hydrogen-bond donors (Lipinski definition) is 0. The minimum Gasteiger partial charge on any atom is -0.469 e. The second kappa shape index (κ2) is 8.34. The Morgan fingerprint density at radius 2 is 1.49 bits per heavy atom. The molecule has 0 saturated heterocycles. The Hall–Kier alpha value is -1.32. The number of allylic oxidation sites excluding steroid dienone is 2. The molecule has 4 saturated carbocycles. The van der Waals surface area contributed by atoms with Gasteiger partial charge in [0.25, 0.3) is 0 Å². The first-order chi connectivity index (χ1) is 17.1. The van der Waals surface area contributed by atoms with Crippen LogP contribution < -0.4 is 0 Å². The second-order valence-electron chi connectivity index (χ2n) is 15.9. The van der Waals surface area contributed by atoms with Gasteiger partial charge in [-0.1, -0.05) is 60.6 Å². The third kappa shape index (κ3) is 3.58. The molecule has 4 nitrogen and oxygen atoms in total. The van der Waals surface area contributed by atoms with Crippen molar-refractivity contribution in [3.8, 4) is 0 Å². The molecule has 9 atom stereocenters. The highest BCUT2D eigenvalue weighted by atomic mass is 16.5. The average molecular weight is 513 g/mol. The lowest BCUT2D eigenvalue weighted by Crippen LogP contribution is -2.66. The molecule has 0 heterocycles. The summed E-state index contributed by atoms with van der Waals surface area (Å²) < 4.78 is 11.4. The van der Waals surface area contributed by atoms with E-state index in [0.29, 0.717) is 23.7 Å². The van der Waals surface area contributed by atoms with Crippen molar-refractivity contribution >= 4 is 11.9 Å². The summed E-state index contributed by atoms with van der Waals surface area (Å²) in [5.41, 5.74) is 0.423. The van der Waals surface area contributed by atoms with Crippen LogP contribution in [0.15, 0.2) is 12.2 Å². The average Bonchev–Trinajstić information content (AvgIpc) is 2.80. The molecular weight excluding hydrogens is 460 g/mol. The van der Waals surface area contributed by atoms with Crippen LogP contribution in [0, 0.1) is 56.2 Å². The highest BCUT2D eigenvalue weighted by Gasteiger charge is 2.70. The van der Waals surface area contributed by atoms with Gasteiger partial charge in [-0.05, 0) is 103 Å². The van der Waals surface area contributed by atoms with Gasteiger partial charge in [-0.15, -0.1) is 0 Å². The minimum atomic E-state index is -0.326. The molecule has 0 aromatic carbocycles. The Morgan fingerprint density at radius 1 is 0.811 bits per heavy atom. The summed E-state index contributed by atoms with van der Waals surface area (Å²) in [5, 5.41) is 0. The summed E-state index contributed by atoms with van der Waals surface area (Å²) in [6, 6.07) is 0. The van der Waals surface area contributed by atoms with Crippen LogP contribution in [-0.2, 0) is 19.1 Å². The van der Waals surface area contributed by atoms with Crippen molar-refractivity contribution in [1.29, 1.82) is 0 Å². The van der Waals surface area contributed by atoms with Crippen LogP contribution in [0.3, 0.4) is 0 Å². The predicted molar refractivity (Wildman–Crippen MR) is 147 cm³/mol. The molecule has 4 heteroatoms. The van der Waals surface area contributed by atoms with Gasteiger partial charge < -0.3 is 9.47 Å². The highest BCUT2D eigenvalue weighted by molar-refractivity contribution is 5.78. The Labute approximate surface area is 225 Å². The van der Waals surface area contributed by atoms with Crippen molar-refractivity contribution in [2.24, 2.45) is 56.2 Å². The number of methoxy groups -OCH3 is 1. The number of rotatable bonds is 2. The highest BCUT2D eigenvalue weighted by Crippen LogP contribution is 2.75. The van der Waals surface area contributed by atoms with Crippen molar-refractivity contribution in [3.63, 3.8) is 0 Å². The lowest BCUT2D eigenvalue weighted by molar-refractivity contribution is -0.226. The van der Waals surface area contributed by atoms with Gasteiger partial charge in [0.15, 0.2) is 0 Å². The molecule has 5 aliphatic carbocycles.